The van der Waals surface area contributed by atoms with E-state index >= 15 is 0 Å². The Morgan fingerprint density at radius 3 is 2.15 bits per heavy atom. The second-order valence-electron chi connectivity index (χ2n) is 6.93. The van der Waals surface area contributed by atoms with Crippen LogP contribution in [-0.2, 0) is 0 Å². The normalized spacial score (nSPS) is 11.0. The minimum atomic E-state index is -0.972. The Balaban J connectivity index is 2.25. The van der Waals surface area contributed by atoms with Crippen LogP contribution in [0.25, 0.3) is 0 Å². The Bertz CT molecular complexity index is 740. The van der Waals surface area contributed by atoms with E-state index < -0.39 is 5.97 Å². The summed E-state index contributed by atoms with van der Waals surface area (Å²) in [6.45, 7) is 10.2. The van der Waals surface area contributed by atoms with E-state index in [1.165, 1.54) is 12.1 Å². The van der Waals surface area contributed by atoms with Crippen LogP contribution in [0.1, 0.15) is 38.1 Å². The molecule has 0 saturated carbocycles. The van der Waals surface area contributed by atoms with Gasteiger partial charge in [-0.15, -0.1) is 0 Å². The lowest BCUT2D eigenvalue weighted by atomic mass is 10.1. The van der Waals surface area contributed by atoms with E-state index in [1.54, 1.807) is 12.1 Å². The lowest BCUT2D eigenvalue weighted by Crippen LogP contribution is -2.33. The first kappa shape index (κ1) is 19.9. The fraction of sp³-hybridized carbons (Fsp3) is 0.444. The van der Waals surface area contributed by atoms with Gasteiger partial charge >= 0.3 is 5.97 Å². The van der Waals surface area contributed by atoms with Crippen molar-refractivity contribution >= 4 is 35.2 Å². The summed E-state index contributed by atoms with van der Waals surface area (Å²) in [5.41, 5.74) is 0.882. The smallest absolute Gasteiger partial charge is 0.335 e. The summed E-state index contributed by atoms with van der Waals surface area (Å²) in [6.07, 6.45) is 0. The van der Waals surface area contributed by atoms with E-state index in [9.17, 15) is 4.79 Å². The molecule has 1 aromatic heterocycles. The Morgan fingerprint density at radius 2 is 1.65 bits per heavy atom. The maximum absolute atomic E-state index is 10.9. The number of aromatic nitrogens is 3. The summed E-state index contributed by atoms with van der Waals surface area (Å²) in [5, 5.41) is 12.1. The van der Waals surface area contributed by atoms with Gasteiger partial charge in [0.25, 0.3) is 0 Å². The minimum absolute atomic E-state index is 0.108. The van der Waals surface area contributed by atoms with Crippen molar-refractivity contribution in [2.45, 2.75) is 27.7 Å². The lowest BCUT2D eigenvalue weighted by Gasteiger charge is -2.26. The molecule has 2 aromatic rings. The van der Waals surface area contributed by atoms with Crippen LogP contribution in [-0.4, -0.2) is 39.1 Å². The van der Waals surface area contributed by atoms with Crippen LogP contribution >= 0.6 is 11.6 Å². The molecule has 0 amide bonds. The van der Waals surface area contributed by atoms with E-state index in [4.69, 9.17) is 16.7 Å². The molecule has 0 radical (unpaired) electrons. The summed E-state index contributed by atoms with van der Waals surface area (Å²) in [5.74, 6) is 0.770. The van der Waals surface area contributed by atoms with E-state index in [2.05, 4.69) is 52.9 Å². The van der Waals surface area contributed by atoms with Crippen molar-refractivity contribution in [2.75, 3.05) is 23.3 Å². The topological polar surface area (TPSA) is 91.2 Å². The van der Waals surface area contributed by atoms with Gasteiger partial charge in [-0.3, -0.25) is 0 Å². The van der Waals surface area contributed by atoms with Gasteiger partial charge in [0.05, 0.1) is 5.56 Å². The quantitative estimate of drug-likeness (QED) is 0.715. The largest absolute Gasteiger partial charge is 0.478 e. The van der Waals surface area contributed by atoms with Crippen LogP contribution in [0.15, 0.2) is 24.3 Å². The van der Waals surface area contributed by atoms with Crippen LogP contribution < -0.4 is 10.2 Å². The van der Waals surface area contributed by atoms with Crippen molar-refractivity contribution in [1.82, 2.24) is 15.0 Å². The van der Waals surface area contributed by atoms with Gasteiger partial charge in [0.15, 0.2) is 0 Å². The highest BCUT2D eigenvalue weighted by Crippen LogP contribution is 2.20. The molecule has 2 rings (SSSR count). The Morgan fingerprint density at radius 1 is 1.08 bits per heavy atom. The van der Waals surface area contributed by atoms with Gasteiger partial charge in [-0.25, -0.2) is 4.79 Å². The third kappa shape index (κ3) is 5.84. The van der Waals surface area contributed by atoms with Gasteiger partial charge in [-0.2, -0.15) is 15.0 Å². The number of carboxylic acid groups (broad SMARTS) is 1. The maximum Gasteiger partial charge on any atom is 0.335 e. The number of anilines is 3. The number of benzene rings is 1. The molecule has 0 fully saturated rings. The Hall–Kier alpha value is -2.41. The van der Waals surface area contributed by atoms with Gasteiger partial charge in [0, 0.05) is 18.8 Å². The number of hydrogen-bond donors (Lipinski definition) is 2. The molecule has 0 atom stereocenters. The molecule has 26 heavy (non-hydrogen) atoms. The summed E-state index contributed by atoms with van der Waals surface area (Å²) >= 11 is 6.09. The Labute approximate surface area is 158 Å². The second-order valence-corrected chi connectivity index (χ2v) is 7.27. The van der Waals surface area contributed by atoms with E-state index in [-0.39, 0.29) is 10.8 Å². The number of carboxylic acids is 1. The molecule has 7 nitrogen and oxygen atoms in total. The molecule has 0 aliphatic heterocycles. The summed E-state index contributed by atoms with van der Waals surface area (Å²) in [4.78, 5) is 25.9. The first-order chi connectivity index (χ1) is 12.2. The average Bonchev–Trinajstić information content (AvgIpc) is 2.53. The average molecular weight is 378 g/mol. The predicted octanol–water partition coefficient (Wildman–Crippen LogP) is 4.09. The minimum Gasteiger partial charge on any atom is -0.478 e. The van der Waals surface area contributed by atoms with E-state index in [1.807, 2.05) is 0 Å². The van der Waals surface area contributed by atoms with Crippen LogP contribution in [0.4, 0.5) is 17.6 Å². The molecule has 0 saturated heterocycles. The fourth-order valence-electron chi connectivity index (χ4n) is 2.48. The first-order valence-corrected chi connectivity index (χ1v) is 8.89. The number of carbonyl (C=O) groups is 1. The van der Waals surface area contributed by atoms with Crippen molar-refractivity contribution in [3.05, 3.63) is 35.1 Å². The highest BCUT2D eigenvalue weighted by molar-refractivity contribution is 6.28. The molecule has 0 aliphatic rings. The maximum atomic E-state index is 10.9. The van der Waals surface area contributed by atoms with Crippen LogP contribution in [0, 0.1) is 11.8 Å². The van der Waals surface area contributed by atoms with Crippen molar-refractivity contribution < 1.29 is 9.90 Å². The van der Waals surface area contributed by atoms with Crippen molar-refractivity contribution in [1.29, 1.82) is 0 Å². The second kappa shape index (κ2) is 8.80. The van der Waals surface area contributed by atoms with Crippen molar-refractivity contribution in [3.63, 3.8) is 0 Å². The van der Waals surface area contributed by atoms with Crippen LogP contribution in [0.2, 0.25) is 5.28 Å². The molecule has 2 N–H and O–H groups in total. The first-order valence-electron chi connectivity index (χ1n) is 8.51. The fourth-order valence-corrected chi connectivity index (χ4v) is 2.64. The number of nitrogens with one attached hydrogen (secondary N) is 1. The van der Waals surface area contributed by atoms with Gasteiger partial charge < -0.3 is 15.3 Å². The molecule has 0 bridgehead atoms. The monoisotopic (exact) mass is 377 g/mol. The zero-order valence-electron chi connectivity index (χ0n) is 15.4. The molecule has 0 aliphatic carbocycles. The van der Waals surface area contributed by atoms with Gasteiger partial charge in [0.2, 0.25) is 17.2 Å². The summed E-state index contributed by atoms with van der Waals surface area (Å²) < 4.78 is 0. The third-order valence-electron chi connectivity index (χ3n) is 3.44. The number of halogens is 1. The van der Waals surface area contributed by atoms with Crippen molar-refractivity contribution in [2.24, 2.45) is 11.8 Å². The number of rotatable bonds is 8. The molecule has 0 spiro atoms. The molecule has 1 heterocycles. The molecule has 8 heteroatoms. The number of hydrogen-bond acceptors (Lipinski definition) is 6. The van der Waals surface area contributed by atoms with E-state index in [0.717, 1.165) is 13.1 Å². The summed E-state index contributed by atoms with van der Waals surface area (Å²) in [6, 6.07) is 6.33. The highest BCUT2D eigenvalue weighted by Gasteiger charge is 2.16. The highest BCUT2D eigenvalue weighted by atomic mass is 35.5. The zero-order valence-corrected chi connectivity index (χ0v) is 16.2. The van der Waals surface area contributed by atoms with Gasteiger partial charge in [-0.1, -0.05) is 27.7 Å². The lowest BCUT2D eigenvalue weighted by molar-refractivity contribution is 0.0697. The predicted molar refractivity (Wildman–Crippen MR) is 103 cm³/mol. The number of aromatic carboxylic acids is 1. The molecule has 0 unspecified atom stereocenters. The molecule has 1 aromatic carbocycles. The summed E-state index contributed by atoms with van der Waals surface area (Å²) in [7, 11) is 0. The van der Waals surface area contributed by atoms with Crippen molar-refractivity contribution in [3.8, 4) is 0 Å². The van der Waals surface area contributed by atoms with Gasteiger partial charge in [0.1, 0.15) is 0 Å². The molecule has 140 valence electrons. The van der Waals surface area contributed by atoms with Gasteiger partial charge in [-0.05, 0) is 47.7 Å². The van der Waals surface area contributed by atoms with Crippen LogP contribution in [0.3, 0.4) is 0 Å². The van der Waals surface area contributed by atoms with E-state index in [0.29, 0.717) is 29.4 Å². The standard InChI is InChI=1S/C18H24ClN5O2/c1-11(2)9-24(10-12(3)4)18-22-16(19)21-17(23-18)20-14-7-5-13(6-8-14)15(25)26/h5-8,11-12H,9-10H2,1-4H3,(H,25,26)(H,20,21,22,23). The SMILES string of the molecule is CC(C)CN(CC(C)C)c1nc(Cl)nc(Nc2ccc(C(=O)O)cc2)n1. The molecular formula is C18H24ClN5O2. The molecular weight excluding hydrogens is 354 g/mol. The zero-order chi connectivity index (χ0) is 19.3. The third-order valence-corrected chi connectivity index (χ3v) is 3.61. The van der Waals surface area contributed by atoms with Crippen LogP contribution in [0.5, 0.6) is 0 Å². The Kier molecular flexibility index (Phi) is 6.74. The number of nitrogens with zero attached hydrogens (tertiary/aromatic N) is 4.